The standard InChI is InChI=1S/C21H24O6/c1-24-17-10-15(11-18(25-2)19(17)26-3)9-16-13-27-20(22)21(16,23)12-14-7-5-4-6-8-14/h4-8,10-11,16,23H,9,12-13H2,1-3H3/t16-,21-/m0/s1. The Morgan fingerprint density at radius 3 is 2.22 bits per heavy atom. The summed E-state index contributed by atoms with van der Waals surface area (Å²) in [6, 6.07) is 13.1. The van der Waals surface area contributed by atoms with Gasteiger partial charge in [0.25, 0.3) is 0 Å². The summed E-state index contributed by atoms with van der Waals surface area (Å²) < 4.78 is 21.3. The number of esters is 1. The van der Waals surface area contributed by atoms with Gasteiger partial charge in [0.05, 0.1) is 27.9 Å². The molecule has 2 aromatic rings. The van der Waals surface area contributed by atoms with E-state index in [1.54, 1.807) is 21.3 Å². The molecule has 0 radical (unpaired) electrons. The van der Waals surface area contributed by atoms with Gasteiger partial charge in [0.1, 0.15) is 0 Å². The van der Waals surface area contributed by atoms with Crippen molar-refractivity contribution in [1.82, 2.24) is 0 Å². The third kappa shape index (κ3) is 3.71. The van der Waals surface area contributed by atoms with Gasteiger partial charge in [-0.25, -0.2) is 4.79 Å². The Kier molecular flexibility index (Phi) is 5.56. The molecule has 0 aromatic heterocycles. The highest BCUT2D eigenvalue weighted by Crippen LogP contribution is 2.40. The molecule has 3 rings (SSSR count). The normalized spacial score (nSPS) is 21.6. The molecule has 1 N–H and O–H groups in total. The van der Waals surface area contributed by atoms with E-state index >= 15 is 0 Å². The molecule has 2 atom stereocenters. The van der Waals surface area contributed by atoms with Gasteiger partial charge in [-0.1, -0.05) is 30.3 Å². The van der Waals surface area contributed by atoms with E-state index in [9.17, 15) is 9.90 Å². The zero-order valence-corrected chi connectivity index (χ0v) is 15.7. The number of ether oxygens (including phenoxy) is 4. The molecule has 6 nitrogen and oxygen atoms in total. The Bertz CT molecular complexity index is 779. The number of hydrogen-bond acceptors (Lipinski definition) is 6. The zero-order valence-electron chi connectivity index (χ0n) is 15.7. The summed E-state index contributed by atoms with van der Waals surface area (Å²) in [6.45, 7) is 0.166. The average molecular weight is 372 g/mol. The van der Waals surface area contributed by atoms with Gasteiger partial charge in [-0.3, -0.25) is 0 Å². The number of carbonyl (C=O) groups is 1. The van der Waals surface area contributed by atoms with E-state index in [4.69, 9.17) is 18.9 Å². The summed E-state index contributed by atoms with van der Waals surface area (Å²) >= 11 is 0. The molecular formula is C21H24O6. The van der Waals surface area contributed by atoms with E-state index in [1.165, 1.54) is 0 Å². The van der Waals surface area contributed by atoms with Gasteiger partial charge < -0.3 is 24.1 Å². The maximum Gasteiger partial charge on any atom is 0.338 e. The highest BCUT2D eigenvalue weighted by molar-refractivity contribution is 5.82. The smallest absolute Gasteiger partial charge is 0.338 e. The summed E-state index contributed by atoms with van der Waals surface area (Å²) in [6.07, 6.45) is 0.646. The minimum absolute atomic E-state index is 0.166. The number of cyclic esters (lactones) is 1. The molecule has 6 heteroatoms. The molecule has 1 heterocycles. The molecule has 0 aliphatic carbocycles. The van der Waals surface area contributed by atoms with Crippen LogP contribution in [0.2, 0.25) is 0 Å². The van der Waals surface area contributed by atoms with Gasteiger partial charge in [0.15, 0.2) is 17.1 Å². The molecule has 0 unspecified atom stereocenters. The third-order valence-electron chi connectivity index (χ3n) is 4.97. The molecular weight excluding hydrogens is 348 g/mol. The van der Waals surface area contributed by atoms with Gasteiger partial charge in [-0.2, -0.15) is 0 Å². The van der Waals surface area contributed by atoms with Crippen molar-refractivity contribution in [3.63, 3.8) is 0 Å². The van der Waals surface area contributed by atoms with E-state index in [1.807, 2.05) is 42.5 Å². The van der Waals surface area contributed by atoms with Crippen LogP contribution in [0.5, 0.6) is 17.2 Å². The summed E-state index contributed by atoms with van der Waals surface area (Å²) in [4.78, 5) is 12.3. The van der Waals surface area contributed by atoms with Gasteiger partial charge in [0.2, 0.25) is 5.75 Å². The molecule has 0 spiro atoms. The van der Waals surface area contributed by atoms with Crippen LogP contribution < -0.4 is 14.2 Å². The Labute approximate surface area is 158 Å². The molecule has 1 fully saturated rings. The van der Waals surface area contributed by atoms with Crippen molar-refractivity contribution in [2.24, 2.45) is 5.92 Å². The van der Waals surface area contributed by atoms with Crippen LogP contribution in [-0.2, 0) is 22.4 Å². The van der Waals surface area contributed by atoms with Crippen LogP contribution in [0, 0.1) is 5.92 Å². The number of benzene rings is 2. The highest BCUT2D eigenvalue weighted by Gasteiger charge is 2.51. The fraction of sp³-hybridized carbons (Fsp3) is 0.381. The zero-order chi connectivity index (χ0) is 19.4. The second kappa shape index (κ2) is 7.88. The number of rotatable bonds is 7. The molecule has 1 aliphatic rings. The molecule has 0 saturated carbocycles. The lowest BCUT2D eigenvalue weighted by atomic mass is 9.81. The van der Waals surface area contributed by atoms with Crippen molar-refractivity contribution < 1.29 is 28.8 Å². The third-order valence-corrected chi connectivity index (χ3v) is 4.97. The first-order valence-electron chi connectivity index (χ1n) is 8.74. The molecule has 1 saturated heterocycles. The number of hydrogen-bond donors (Lipinski definition) is 1. The topological polar surface area (TPSA) is 74.2 Å². The minimum atomic E-state index is -1.57. The van der Waals surface area contributed by atoms with Crippen LogP contribution in [0.1, 0.15) is 11.1 Å². The molecule has 0 amide bonds. The van der Waals surface area contributed by atoms with E-state index in [0.29, 0.717) is 23.7 Å². The Balaban J connectivity index is 1.88. The fourth-order valence-electron chi connectivity index (χ4n) is 3.49. The van der Waals surface area contributed by atoms with Gasteiger partial charge in [-0.05, 0) is 29.7 Å². The lowest BCUT2D eigenvalue weighted by molar-refractivity contribution is -0.154. The maximum absolute atomic E-state index is 12.3. The van der Waals surface area contributed by atoms with Crippen LogP contribution in [-0.4, -0.2) is 44.6 Å². The number of methoxy groups -OCH3 is 3. The molecule has 0 bridgehead atoms. The second-order valence-corrected chi connectivity index (χ2v) is 6.62. The molecule has 27 heavy (non-hydrogen) atoms. The minimum Gasteiger partial charge on any atom is -0.493 e. The number of carbonyl (C=O) groups excluding carboxylic acids is 1. The van der Waals surface area contributed by atoms with Crippen molar-refractivity contribution in [2.75, 3.05) is 27.9 Å². The van der Waals surface area contributed by atoms with Crippen LogP contribution in [0.25, 0.3) is 0 Å². The molecule has 2 aromatic carbocycles. The van der Waals surface area contributed by atoms with Crippen LogP contribution in [0.15, 0.2) is 42.5 Å². The Hall–Kier alpha value is -2.73. The van der Waals surface area contributed by atoms with E-state index in [2.05, 4.69) is 0 Å². The summed E-state index contributed by atoms with van der Waals surface area (Å²) in [5.74, 6) is 0.603. The maximum atomic E-state index is 12.3. The largest absolute Gasteiger partial charge is 0.493 e. The Morgan fingerprint density at radius 2 is 1.67 bits per heavy atom. The monoisotopic (exact) mass is 372 g/mol. The summed E-state index contributed by atoms with van der Waals surface area (Å²) in [5.41, 5.74) is 0.176. The van der Waals surface area contributed by atoms with Crippen LogP contribution in [0.3, 0.4) is 0 Å². The summed E-state index contributed by atoms with van der Waals surface area (Å²) in [7, 11) is 4.65. The predicted octanol–water partition coefficient (Wildman–Crippen LogP) is 2.40. The van der Waals surface area contributed by atoms with Crippen molar-refractivity contribution in [2.45, 2.75) is 18.4 Å². The van der Waals surface area contributed by atoms with Crippen molar-refractivity contribution >= 4 is 5.97 Å². The predicted molar refractivity (Wildman–Crippen MR) is 99.3 cm³/mol. The number of aliphatic hydroxyl groups is 1. The second-order valence-electron chi connectivity index (χ2n) is 6.62. The van der Waals surface area contributed by atoms with E-state index in [0.717, 1.165) is 11.1 Å². The summed E-state index contributed by atoms with van der Waals surface area (Å²) in [5, 5.41) is 11.1. The first kappa shape index (κ1) is 19.0. The van der Waals surface area contributed by atoms with Crippen LogP contribution >= 0.6 is 0 Å². The lowest BCUT2D eigenvalue weighted by Crippen LogP contribution is -2.44. The average Bonchev–Trinajstić information content (AvgIpc) is 2.95. The van der Waals surface area contributed by atoms with Gasteiger partial charge in [0, 0.05) is 12.3 Å². The van der Waals surface area contributed by atoms with Crippen molar-refractivity contribution in [3.05, 3.63) is 53.6 Å². The van der Waals surface area contributed by atoms with E-state index < -0.39 is 11.6 Å². The first-order valence-corrected chi connectivity index (χ1v) is 8.74. The Morgan fingerprint density at radius 1 is 1.04 bits per heavy atom. The van der Waals surface area contributed by atoms with Crippen molar-refractivity contribution in [1.29, 1.82) is 0 Å². The van der Waals surface area contributed by atoms with Crippen molar-refractivity contribution in [3.8, 4) is 17.2 Å². The SMILES string of the molecule is COc1cc(C[C@H]2COC(=O)[C@]2(O)Cc2ccccc2)cc(OC)c1OC. The quantitative estimate of drug-likeness (QED) is 0.753. The van der Waals surface area contributed by atoms with Gasteiger partial charge in [-0.15, -0.1) is 0 Å². The fourth-order valence-corrected chi connectivity index (χ4v) is 3.49. The first-order chi connectivity index (χ1) is 13.0. The van der Waals surface area contributed by atoms with Crippen LogP contribution in [0.4, 0.5) is 0 Å². The highest BCUT2D eigenvalue weighted by atomic mass is 16.6. The lowest BCUT2D eigenvalue weighted by Gasteiger charge is -2.26. The molecule has 1 aliphatic heterocycles. The van der Waals surface area contributed by atoms with E-state index in [-0.39, 0.29) is 18.9 Å². The molecule has 144 valence electrons. The van der Waals surface area contributed by atoms with Gasteiger partial charge >= 0.3 is 5.97 Å².